The lowest BCUT2D eigenvalue weighted by atomic mass is 10.3. The van der Waals surface area contributed by atoms with Gasteiger partial charge in [0.2, 0.25) is 5.88 Å². The number of ether oxygens (including phenoxy) is 2. The first-order chi connectivity index (χ1) is 11.3. The van der Waals surface area contributed by atoms with E-state index in [1.54, 1.807) is 60.9 Å². The van der Waals surface area contributed by atoms with Gasteiger partial charge in [-0.2, -0.15) is 0 Å². The van der Waals surface area contributed by atoms with Crippen LogP contribution in [-0.2, 0) is 0 Å². The van der Waals surface area contributed by atoms with Gasteiger partial charge in [-0.3, -0.25) is 10.3 Å². The number of pyridine rings is 2. The van der Waals surface area contributed by atoms with Crippen LogP contribution in [0.5, 0.6) is 17.4 Å². The van der Waals surface area contributed by atoms with Gasteiger partial charge in [-0.1, -0.05) is 18.2 Å². The van der Waals surface area contributed by atoms with E-state index in [9.17, 15) is 4.79 Å². The predicted molar refractivity (Wildman–Crippen MR) is 84.6 cm³/mol. The average molecular weight is 307 g/mol. The molecule has 114 valence electrons. The second kappa shape index (κ2) is 7.04. The molecule has 0 saturated carbocycles. The molecule has 3 rings (SSSR count). The topological polar surface area (TPSA) is 73.3 Å². The maximum Gasteiger partial charge on any atom is 0.417 e. The summed E-state index contributed by atoms with van der Waals surface area (Å²) in [6.45, 7) is 0. The Kier molecular flexibility index (Phi) is 4.44. The SMILES string of the molecule is O=C(Nc1ccc(Oc2cccnc2)nc1)Oc1ccccc1. The van der Waals surface area contributed by atoms with Crippen LogP contribution in [0.15, 0.2) is 73.2 Å². The third-order valence-corrected chi connectivity index (χ3v) is 2.79. The number of carbonyl (C=O) groups is 1. The first kappa shape index (κ1) is 14.5. The second-order valence-electron chi connectivity index (χ2n) is 4.50. The molecule has 0 fully saturated rings. The maximum atomic E-state index is 11.8. The van der Waals surface area contributed by atoms with Gasteiger partial charge >= 0.3 is 6.09 Å². The van der Waals surface area contributed by atoms with Crippen molar-refractivity contribution in [3.63, 3.8) is 0 Å². The number of rotatable bonds is 4. The molecule has 6 nitrogen and oxygen atoms in total. The highest BCUT2D eigenvalue weighted by Crippen LogP contribution is 2.19. The van der Waals surface area contributed by atoms with Gasteiger partial charge in [-0.25, -0.2) is 9.78 Å². The van der Waals surface area contributed by atoms with E-state index in [2.05, 4.69) is 15.3 Å². The summed E-state index contributed by atoms with van der Waals surface area (Å²) < 4.78 is 10.6. The number of aromatic nitrogens is 2. The van der Waals surface area contributed by atoms with E-state index < -0.39 is 6.09 Å². The van der Waals surface area contributed by atoms with Gasteiger partial charge in [0.05, 0.1) is 18.1 Å². The number of nitrogens with zero attached hydrogens (tertiary/aromatic N) is 2. The number of anilines is 1. The van der Waals surface area contributed by atoms with Crippen LogP contribution >= 0.6 is 0 Å². The number of hydrogen-bond acceptors (Lipinski definition) is 5. The van der Waals surface area contributed by atoms with E-state index in [1.165, 1.54) is 6.20 Å². The second-order valence-corrected chi connectivity index (χ2v) is 4.50. The fourth-order valence-corrected chi connectivity index (χ4v) is 1.78. The molecule has 0 spiro atoms. The van der Waals surface area contributed by atoms with Crippen LogP contribution in [0.2, 0.25) is 0 Å². The third kappa shape index (κ3) is 4.28. The molecule has 23 heavy (non-hydrogen) atoms. The van der Waals surface area contributed by atoms with Crippen LogP contribution < -0.4 is 14.8 Å². The van der Waals surface area contributed by atoms with Gasteiger partial charge < -0.3 is 9.47 Å². The molecular weight excluding hydrogens is 294 g/mol. The number of nitrogens with one attached hydrogen (secondary N) is 1. The highest BCUT2D eigenvalue weighted by molar-refractivity contribution is 5.86. The molecular formula is C17H13N3O3. The Morgan fingerprint density at radius 1 is 0.913 bits per heavy atom. The van der Waals surface area contributed by atoms with Crippen LogP contribution in [0.25, 0.3) is 0 Å². The van der Waals surface area contributed by atoms with Crippen LogP contribution in [0, 0.1) is 0 Å². The third-order valence-electron chi connectivity index (χ3n) is 2.79. The standard InChI is InChI=1S/C17H13N3O3/c21-17(23-14-5-2-1-3-6-14)20-13-8-9-16(19-11-13)22-15-7-4-10-18-12-15/h1-12H,(H,20,21). The van der Waals surface area contributed by atoms with Crippen LogP contribution in [-0.4, -0.2) is 16.1 Å². The van der Waals surface area contributed by atoms with Gasteiger partial charge in [0.15, 0.2) is 0 Å². The summed E-state index contributed by atoms with van der Waals surface area (Å²) in [6.07, 6.45) is 4.15. The molecule has 1 N–H and O–H groups in total. The number of benzene rings is 1. The highest BCUT2D eigenvalue weighted by atomic mass is 16.6. The zero-order valence-electron chi connectivity index (χ0n) is 12.0. The molecule has 2 aromatic heterocycles. The molecule has 6 heteroatoms. The minimum atomic E-state index is -0.584. The van der Waals surface area contributed by atoms with E-state index in [-0.39, 0.29) is 0 Å². The summed E-state index contributed by atoms with van der Waals surface area (Å²) in [5.74, 6) is 1.46. The number of hydrogen-bond donors (Lipinski definition) is 1. The van der Waals surface area contributed by atoms with Crippen molar-refractivity contribution in [2.75, 3.05) is 5.32 Å². The van der Waals surface area contributed by atoms with Gasteiger partial charge in [0.25, 0.3) is 0 Å². The van der Waals surface area contributed by atoms with Crippen LogP contribution in [0.1, 0.15) is 0 Å². The Morgan fingerprint density at radius 2 is 1.74 bits per heavy atom. The number of amides is 1. The van der Waals surface area contributed by atoms with Crippen molar-refractivity contribution in [3.05, 3.63) is 73.2 Å². The average Bonchev–Trinajstić information content (AvgIpc) is 2.58. The van der Waals surface area contributed by atoms with Crippen molar-refractivity contribution in [1.29, 1.82) is 0 Å². The zero-order chi connectivity index (χ0) is 15.9. The molecule has 0 aliphatic rings. The Bertz CT molecular complexity index is 762. The lowest BCUT2D eigenvalue weighted by Gasteiger charge is -2.07. The van der Waals surface area contributed by atoms with Crippen molar-refractivity contribution in [2.45, 2.75) is 0 Å². The highest BCUT2D eigenvalue weighted by Gasteiger charge is 2.06. The number of para-hydroxylation sites is 1. The monoisotopic (exact) mass is 307 g/mol. The van der Waals surface area contributed by atoms with Crippen molar-refractivity contribution < 1.29 is 14.3 Å². The fourth-order valence-electron chi connectivity index (χ4n) is 1.78. The molecule has 0 radical (unpaired) electrons. The molecule has 0 atom stereocenters. The van der Waals surface area contributed by atoms with Crippen LogP contribution in [0.4, 0.5) is 10.5 Å². The molecule has 0 unspecified atom stereocenters. The van der Waals surface area contributed by atoms with Crippen molar-refractivity contribution >= 4 is 11.8 Å². The lowest BCUT2D eigenvalue weighted by molar-refractivity contribution is 0.215. The summed E-state index contributed by atoms with van der Waals surface area (Å²) in [6, 6.07) is 15.7. The summed E-state index contributed by atoms with van der Waals surface area (Å²) in [5, 5.41) is 2.59. The van der Waals surface area contributed by atoms with Crippen molar-refractivity contribution in [3.8, 4) is 17.4 Å². The molecule has 0 aliphatic heterocycles. The van der Waals surface area contributed by atoms with Gasteiger partial charge in [0.1, 0.15) is 11.5 Å². The Morgan fingerprint density at radius 3 is 2.43 bits per heavy atom. The van der Waals surface area contributed by atoms with Gasteiger partial charge in [-0.05, 0) is 30.3 Å². The summed E-state index contributed by atoms with van der Waals surface area (Å²) >= 11 is 0. The quantitative estimate of drug-likeness (QED) is 0.791. The lowest BCUT2D eigenvalue weighted by Crippen LogP contribution is -2.16. The Labute approximate surface area is 132 Å². The maximum absolute atomic E-state index is 11.8. The van der Waals surface area contributed by atoms with E-state index in [4.69, 9.17) is 9.47 Å². The van der Waals surface area contributed by atoms with E-state index in [0.29, 0.717) is 23.1 Å². The van der Waals surface area contributed by atoms with Crippen molar-refractivity contribution in [2.24, 2.45) is 0 Å². The molecule has 0 bridgehead atoms. The Balaban J connectivity index is 1.58. The molecule has 0 saturated heterocycles. The predicted octanol–water partition coefficient (Wildman–Crippen LogP) is 3.88. The number of carbonyl (C=O) groups excluding carboxylic acids is 1. The molecule has 1 aromatic carbocycles. The minimum absolute atomic E-state index is 0.403. The molecule has 3 aromatic rings. The first-order valence-corrected chi connectivity index (χ1v) is 6.87. The van der Waals surface area contributed by atoms with Gasteiger partial charge in [-0.15, -0.1) is 0 Å². The van der Waals surface area contributed by atoms with Gasteiger partial charge in [0, 0.05) is 12.3 Å². The van der Waals surface area contributed by atoms with Crippen molar-refractivity contribution in [1.82, 2.24) is 9.97 Å². The molecule has 2 heterocycles. The fraction of sp³-hybridized carbons (Fsp3) is 0. The van der Waals surface area contributed by atoms with E-state index >= 15 is 0 Å². The summed E-state index contributed by atoms with van der Waals surface area (Å²) in [5.41, 5.74) is 0.504. The van der Waals surface area contributed by atoms with E-state index in [0.717, 1.165) is 0 Å². The molecule has 1 amide bonds. The zero-order valence-corrected chi connectivity index (χ0v) is 12.0. The Hall–Kier alpha value is -3.41. The smallest absolute Gasteiger partial charge is 0.417 e. The first-order valence-electron chi connectivity index (χ1n) is 6.87. The summed E-state index contributed by atoms with van der Waals surface area (Å²) in [7, 11) is 0. The largest absolute Gasteiger partial charge is 0.437 e. The normalized spacial score (nSPS) is 9.91. The van der Waals surface area contributed by atoms with E-state index in [1.807, 2.05) is 6.07 Å². The minimum Gasteiger partial charge on any atom is -0.437 e. The summed E-state index contributed by atoms with van der Waals surface area (Å²) in [4.78, 5) is 19.8. The van der Waals surface area contributed by atoms with Crippen LogP contribution in [0.3, 0.4) is 0 Å². The molecule has 0 aliphatic carbocycles.